The first kappa shape index (κ1) is 11.0. The second-order valence-corrected chi connectivity index (χ2v) is 5.08. The molecule has 2 aromatic heterocycles. The average Bonchev–Trinajstić information content (AvgIpc) is 2.94. The maximum absolute atomic E-state index is 12.2. The number of benzene rings is 1. The van der Waals surface area contributed by atoms with Crippen LogP contribution in [0.1, 0.15) is 15.4 Å². The number of nitrogens with one attached hydrogen (secondary N) is 1. The van der Waals surface area contributed by atoms with Crippen molar-refractivity contribution in [2.75, 3.05) is 5.32 Å². The molecule has 3 nitrogen and oxygen atoms in total. The molecule has 1 aromatic carbocycles. The molecule has 90 valence electrons. The van der Waals surface area contributed by atoms with Crippen LogP contribution in [0.5, 0.6) is 0 Å². The Morgan fingerprint density at radius 2 is 1.94 bits per heavy atom. The predicted octanol–water partition coefficient (Wildman–Crippen LogP) is 3.56. The Hall–Kier alpha value is -2.07. The molecule has 0 aliphatic heterocycles. The van der Waals surface area contributed by atoms with Crippen LogP contribution in [0.4, 0.5) is 5.69 Å². The number of nitrogens with zero attached hydrogens (tertiary/aromatic N) is 1. The molecule has 0 spiro atoms. The zero-order chi connectivity index (χ0) is 12.5. The highest BCUT2D eigenvalue weighted by molar-refractivity contribution is 7.19. The van der Waals surface area contributed by atoms with Gasteiger partial charge in [-0.25, -0.2) is 0 Å². The van der Waals surface area contributed by atoms with Gasteiger partial charge in [0.2, 0.25) is 0 Å². The van der Waals surface area contributed by atoms with E-state index in [1.165, 1.54) is 11.3 Å². The molecule has 18 heavy (non-hydrogen) atoms. The van der Waals surface area contributed by atoms with Gasteiger partial charge in [-0.15, -0.1) is 11.3 Å². The van der Waals surface area contributed by atoms with E-state index in [9.17, 15) is 4.79 Å². The minimum atomic E-state index is -0.0487. The lowest BCUT2D eigenvalue weighted by atomic mass is 10.3. The number of carbonyl (C=O) groups is 1. The predicted molar refractivity (Wildman–Crippen MR) is 74.4 cm³/mol. The summed E-state index contributed by atoms with van der Waals surface area (Å²) in [6.07, 6.45) is 1.97. The number of anilines is 1. The molecule has 3 rings (SSSR count). The fourth-order valence-corrected chi connectivity index (χ4v) is 2.97. The van der Waals surface area contributed by atoms with Gasteiger partial charge in [-0.2, -0.15) is 0 Å². The first-order chi connectivity index (χ1) is 8.75. The quantitative estimate of drug-likeness (QED) is 0.747. The van der Waals surface area contributed by atoms with Gasteiger partial charge in [0.05, 0.1) is 0 Å². The van der Waals surface area contributed by atoms with Crippen molar-refractivity contribution in [2.45, 2.75) is 6.92 Å². The third kappa shape index (κ3) is 1.80. The molecule has 0 unspecified atom stereocenters. The number of hydrogen-bond acceptors (Lipinski definition) is 2. The molecule has 2 heterocycles. The topological polar surface area (TPSA) is 33.5 Å². The van der Waals surface area contributed by atoms with Crippen LogP contribution in [0.15, 0.2) is 48.7 Å². The van der Waals surface area contributed by atoms with Crippen molar-refractivity contribution in [3.8, 4) is 0 Å². The smallest absolute Gasteiger partial charge is 0.267 e. The minimum absolute atomic E-state index is 0.0487. The van der Waals surface area contributed by atoms with Gasteiger partial charge in [-0.3, -0.25) is 4.79 Å². The third-order valence-corrected chi connectivity index (χ3v) is 4.07. The molecule has 4 heteroatoms. The highest BCUT2D eigenvalue weighted by Crippen LogP contribution is 2.24. The molecule has 0 saturated heterocycles. The first-order valence-corrected chi connectivity index (χ1v) is 6.50. The van der Waals surface area contributed by atoms with Crippen molar-refractivity contribution in [1.29, 1.82) is 0 Å². The molecule has 1 amide bonds. The number of aryl methyl sites for hydroxylation is 1. The van der Waals surface area contributed by atoms with Crippen molar-refractivity contribution >= 4 is 27.8 Å². The highest BCUT2D eigenvalue weighted by atomic mass is 32.1. The zero-order valence-electron chi connectivity index (χ0n) is 9.88. The van der Waals surface area contributed by atoms with Crippen molar-refractivity contribution in [2.24, 2.45) is 0 Å². The summed E-state index contributed by atoms with van der Waals surface area (Å²) in [7, 11) is 0. The number of carbonyl (C=O) groups excluding carboxylic acids is 1. The second-order valence-electron chi connectivity index (χ2n) is 4.05. The molecule has 0 fully saturated rings. The number of aromatic nitrogens is 1. The molecule has 0 bridgehead atoms. The molecule has 0 aliphatic carbocycles. The summed E-state index contributed by atoms with van der Waals surface area (Å²) in [5.74, 6) is -0.0487. The van der Waals surface area contributed by atoms with Crippen LogP contribution in [-0.4, -0.2) is 10.3 Å². The summed E-state index contributed by atoms with van der Waals surface area (Å²) in [6.45, 7) is 1.96. The van der Waals surface area contributed by atoms with Crippen molar-refractivity contribution in [3.63, 3.8) is 0 Å². The van der Waals surface area contributed by atoms with E-state index in [1.54, 1.807) is 0 Å². The monoisotopic (exact) mass is 256 g/mol. The fourth-order valence-electron chi connectivity index (χ4n) is 1.93. The summed E-state index contributed by atoms with van der Waals surface area (Å²) >= 11 is 1.51. The average molecular weight is 256 g/mol. The molecular formula is C14H12N2OS. The highest BCUT2D eigenvalue weighted by Gasteiger charge is 2.15. The Morgan fingerprint density at radius 1 is 1.17 bits per heavy atom. The van der Waals surface area contributed by atoms with Crippen LogP contribution in [0.2, 0.25) is 0 Å². The lowest BCUT2D eigenvalue weighted by Crippen LogP contribution is -2.11. The summed E-state index contributed by atoms with van der Waals surface area (Å²) < 4.78 is 2.03. The molecule has 3 aromatic rings. The van der Waals surface area contributed by atoms with Gasteiger partial charge in [0.1, 0.15) is 9.71 Å². The van der Waals surface area contributed by atoms with Gasteiger partial charge in [0.25, 0.3) is 5.91 Å². The van der Waals surface area contributed by atoms with Gasteiger partial charge in [-0.1, -0.05) is 18.2 Å². The standard InChI is InChI=1S/C14H12N2OS/c1-10-13(18-12-8-5-9-16(10)12)14(17)15-11-6-3-2-4-7-11/h2-9H,1H3,(H,15,17). The Labute approximate surface area is 109 Å². The molecule has 1 N–H and O–H groups in total. The van der Waals surface area contributed by atoms with E-state index >= 15 is 0 Å². The Morgan fingerprint density at radius 3 is 2.67 bits per heavy atom. The number of amides is 1. The van der Waals surface area contributed by atoms with Crippen molar-refractivity contribution < 1.29 is 4.79 Å². The number of thiazole rings is 1. The molecule has 0 saturated carbocycles. The van der Waals surface area contributed by atoms with Crippen LogP contribution in [0, 0.1) is 6.92 Å². The molecule has 0 atom stereocenters. The van der Waals surface area contributed by atoms with E-state index in [0.29, 0.717) is 0 Å². The number of fused-ring (bicyclic) bond motifs is 1. The molecule has 0 aliphatic rings. The van der Waals surface area contributed by atoms with Gasteiger partial charge in [0, 0.05) is 17.6 Å². The SMILES string of the molecule is Cc1c(C(=O)Nc2ccccc2)sc2cccn12. The van der Waals surface area contributed by atoms with Crippen molar-refractivity contribution in [3.05, 3.63) is 59.2 Å². The summed E-state index contributed by atoms with van der Waals surface area (Å²) in [6, 6.07) is 13.5. The Bertz CT molecular complexity index is 697. The maximum Gasteiger partial charge on any atom is 0.267 e. The number of rotatable bonds is 2. The Balaban J connectivity index is 1.92. The largest absolute Gasteiger partial charge is 0.321 e. The van der Waals surface area contributed by atoms with E-state index in [-0.39, 0.29) is 5.91 Å². The van der Waals surface area contributed by atoms with Crippen LogP contribution >= 0.6 is 11.3 Å². The number of hydrogen-bond donors (Lipinski definition) is 1. The van der Waals surface area contributed by atoms with E-state index in [0.717, 1.165) is 21.1 Å². The Kier molecular flexibility index (Phi) is 2.64. The van der Waals surface area contributed by atoms with Crippen LogP contribution in [0.25, 0.3) is 4.83 Å². The van der Waals surface area contributed by atoms with Gasteiger partial charge < -0.3 is 9.72 Å². The van der Waals surface area contributed by atoms with E-state index in [2.05, 4.69) is 5.32 Å². The van der Waals surface area contributed by atoms with E-state index in [1.807, 2.05) is 60.0 Å². The summed E-state index contributed by atoms with van der Waals surface area (Å²) in [4.78, 5) is 14.0. The van der Waals surface area contributed by atoms with Crippen molar-refractivity contribution in [1.82, 2.24) is 4.40 Å². The van der Waals surface area contributed by atoms with E-state index in [4.69, 9.17) is 0 Å². The third-order valence-electron chi connectivity index (χ3n) is 2.85. The fraction of sp³-hybridized carbons (Fsp3) is 0.0714. The normalized spacial score (nSPS) is 10.7. The summed E-state index contributed by atoms with van der Waals surface area (Å²) in [5.41, 5.74) is 1.80. The van der Waals surface area contributed by atoms with Crippen LogP contribution in [-0.2, 0) is 0 Å². The number of para-hydroxylation sites is 1. The lowest BCUT2D eigenvalue weighted by Gasteiger charge is -2.03. The minimum Gasteiger partial charge on any atom is -0.321 e. The first-order valence-electron chi connectivity index (χ1n) is 5.68. The summed E-state index contributed by atoms with van der Waals surface area (Å²) in [5, 5.41) is 2.91. The van der Waals surface area contributed by atoms with Gasteiger partial charge in [-0.05, 0) is 31.2 Å². The van der Waals surface area contributed by atoms with Gasteiger partial charge >= 0.3 is 0 Å². The molecular weight excluding hydrogens is 244 g/mol. The zero-order valence-corrected chi connectivity index (χ0v) is 10.7. The van der Waals surface area contributed by atoms with E-state index < -0.39 is 0 Å². The van der Waals surface area contributed by atoms with Crippen LogP contribution in [0.3, 0.4) is 0 Å². The second kappa shape index (κ2) is 4.31. The lowest BCUT2D eigenvalue weighted by molar-refractivity contribution is 0.102. The maximum atomic E-state index is 12.2. The van der Waals surface area contributed by atoms with Crippen LogP contribution < -0.4 is 5.32 Å². The molecule has 0 radical (unpaired) electrons. The van der Waals surface area contributed by atoms with Gasteiger partial charge in [0.15, 0.2) is 0 Å².